The molecular formula is C66H72N14O11W2-2. The van der Waals surface area contributed by atoms with Gasteiger partial charge in [0, 0.05) is 124 Å². The standard InChI is InChI=1S/C32H32N6O6.C31H31N7O5.C3H8.H2N.2W/c1-43-32(42)31(41)35-21-8-9-24-23(15-21)20(16-34-24)14-26(28(33)39)37-30(40)18-7-10-27-25(13-18)36-29(19-11-12-44-17-19)38(27)22-5-3-2-4-6-22;32-27(39)25(13-19-15-34-23-8-7-20(14-22(19)23)35-31(42)28(33)40)37-30(41)17-6-9-26-24(12-17)36-29(18-10-11-43-16-18)38(26)21-4-2-1-3-5-21;1-3-2;;;/h7-13,15-17,22,26,34H,2-6,14H2,1H3,(H2,33,39)(H,35,41)(H,37,40);6-12,14-16,21,25H,1-5,13H2,(H7,32,33,34,35,37,39,40,41,42);3H2,1-2H3;1H2;;/q;;;-1;;/p-1/t26-;25-;;;;/m00..../s1. The van der Waals surface area contributed by atoms with Crippen LogP contribution in [0.3, 0.4) is 0 Å². The second kappa shape index (κ2) is 32.2. The number of H-pyrrole nitrogens is 2. The molecular weight excluding hydrogens is 1530 g/mol. The van der Waals surface area contributed by atoms with Gasteiger partial charge < -0.3 is 82.1 Å². The predicted octanol–water partition coefficient (Wildman–Crippen LogP) is 11.0. The first kappa shape index (κ1) is 71.0. The smallest absolute Gasteiger partial charge is 0.396 e. The number of hydrogen-bond donors (Lipinski definition) is 8. The van der Waals surface area contributed by atoms with Crippen molar-refractivity contribution < 1.29 is 94.1 Å². The molecule has 13 N–H and O–H groups in total. The van der Waals surface area contributed by atoms with Gasteiger partial charge in [-0.3, -0.25) is 28.8 Å². The molecule has 0 aliphatic heterocycles. The molecule has 25 nitrogen and oxygen atoms in total. The predicted molar refractivity (Wildman–Crippen MR) is 344 cm³/mol. The zero-order chi connectivity index (χ0) is 63.6. The average molecular weight is 1610 g/mol. The molecule has 0 saturated heterocycles. The Balaban J connectivity index is 0.000000245. The van der Waals surface area contributed by atoms with Crippen molar-refractivity contribution in [3.05, 3.63) is 157 Å². The molecule has 2 atom stereocenters. The van der Waals surface area contributed by atoms with Crippen LogP contribution in [0, 0.1) is 0 Å². The molecule has 6 aromatic heterocycles. The summed E-state index contributed by atoms with van der Waals surface area (Å²) in [6.45, 7) is 4.25. The monoisotopic (exact) mass is 1600 g/mol. The molecule has 0 radical (unpaired) electrons. The number of fused-ring (bicyclic) bond motifs is 4. The van der Waals surface area contributed by atoms with E-state index in [1.165, 1.54) is 19.3 Å². The Kier molecular flexibility index (Phi) is 24.6. The van der Waals surface area contributed by atoms with Crippen molar-refractivity contribution in [2.24, 2.45) is 11.5 Å². The fourth-order valence-electron chi connectivity index (χ4n) is 11.8. The zero-order valence-corrected chi connectivity index (χ0v) is 57.2. The molecule has 12 rings (SSSR count). The van der Waals surface area contributed by atoms with E-state index in [1.807, 2.05) is 24.3 Å². The number of carbonyl (C=O) groups is 8. The van der Waals surface area contributed by atoms with Crippen molar-refractivity contribution in [1.29, 1.82) is 0 Å². The van der Waals surface area contributed by atoms with Crippen LogP contribution in [0.15, 0.2) is 131 Å². The molecule has 93 heavy (non-hydrogen) atoms. The number of nitrogens with zero attached hydrogens (tertiary/aromatic N) is 4. The number of carbonyl (C=O) groups excluding carboxylic acids is 8. The first-order valence-corrected chi connectivity index (χ1v) is 30.0. The van der Waals surface area contributed by atoms with Gasteiger partial charge in [-0.15, -0.1) is 0 Å². The number of hydrogen-bond acceptors (Lipinski definition) is 13. The number of aromatic nitrogens is 6. The van der Waals surface area contributed by atoms with Gasteiger partial charge >= 0.3 is 11.9 Å². The maximum atomic E-state index is 13.4. The summed E-state index contributed by atoms with van der Waals surface area (Å²) < 4.78 is 19.6. The number of rotatable bonds is 16. The van der Waals surface area contributed by atoms with Gasteiger partial charge in [-0.25, -0.2) is 14.8 Å². The Morgan fingerprint density at radius 3 is 1.38 bits per heavy atom. The second-order valence-corrected chi connectivity index (χ2v) is 22.5. The van der Waals surface area contributed by atoms with Crippen molar-refractivity contribution in [3.63, 3.8) is 0 Å². The van der Waals surface area contributed by atoms with Crippen LogP contribution < -0.4 is 32.7 Å². The molecule has 2 aliphatic carbocycles. The summed E-state index contributed by atoms with van der Waals surface area (Å²) in [5, 5.41) is 11.7. The summed E-state index contributed by atoms with van der Waals surface area (Å²) in [6, 6.07) is 22.9. The minimum atomic E-state index is -1.36. The number of furan rings is 2. The van der Waals surface area contributed by atoms with Crippen LogP contribution in [0.25, 0.3) is 78.5 Å². The van der Waals surface area contributed by atoms with Crippen molar-refractivity contribution in [1.82, 2.24) is 39.7 Å². The fraction of sp³-hybridized carbons (Fsp3) is 0.303. The van der Waals surface area contributed by atoms with Gasteiger partial charge in [0.15, 0.2) is 0 Å². The van der Waals surface area contributed by atoms with E-state index in [0.29, 0.717) is 73.0 Å². The number of esters is 1. The number of aromatic amines is 2. The van der Waals surface area contributed by atoms with Crippen molar-refractivity contribution in [3.8, 4) is 22.8 Å². The molecule has 0 bridgehead atoms. The number of benzene rings is 4. The van der Waals surface area contributed by atoms with Crippen LogP contribution in [0.2, 0.25) is 0 Å². The number of imidazole rings is 2. The van der Waals surface area contributed by atoms with Crippen molar-refractivity contribution in [2.45, 2.75) is 121 Å². The Morgan fingerprint density at radius 1 is 0.602 bits per heavy atom. The number of nitrogens with one attached hydrogen (secondary N) is 7. The van der Waals surface area contributed by atoms with Gasteiger partial charge in [0.2, 0.25) is 11.8 Å². The number of primary amides is 2. The minimum Gasteiger partial charge on any atom is -0.693 e. The molecule has 0 spiro atoms. The van der Waals surface area contributed by atoms with E-state index in [2.05, 4.69) is 59.0 Å². The largest absolute Gasteiger partial charge is 0.693 e. The summed E-state index contributed by atoms with van der Waals surface area (Å²) in [4.78, 5) is 114. The molecule has 4 aromatic carbocycles. The Morgan fingerprint density at radius 2 is 1.01 bits per heavy atom. The van der Waals surface area contributed by atoms with E-state index in [0.717, 1.165) is 97.8 Å². The van der Waals surface area contributed by atoms with Gasteiger partial charge in [-0.05, 0) is 122 Å². The molecule has 0 unspecified atom stereocenters. The van der Waals surface area contributed by atoms with Gasteiger partial charge in [0.25, 0.3) is 17.7 Å². The molecule has 2 saturated carbocycles. The Hall–Kier alpha value is -9.44. The van der Waals surface area contributed by atoms with Crippen LogP contribution >= 0.6 is 0 Å². The topological polar surface area (TPSA) is 397 Å². The van der Waals surface area contributed by atoms with Gasteiger partial charge in [-0.1, -0.05) is 58.8 Å². The summed E-state index contributed by atoms with van der Waals surface area (Å²) in [6.07, 6.45) is 22.7. The second-order valence-electron chi connectivity index (χ2n) is 22.5. The quantitative estimate of drug-likeness (QED) is 0.0330. The van der Waals surface area contributed by atoms with E-state index in [1.54, 1.807) is 98.1 Å². The molecule has 7 amide bonds. The number of amides is 7. The van der Waals surface area contributed by atoms with E-state index >= 15 is 0 Å². The zero-order valence-electron chi connectivity index (χ0n) is 51.4. The van der Waals surface area contributed by atoms with Crippen LogP contribution in [-0.2, 0) is 88.5 Å². The van der Waals surface area contributed by atoms with Gasteiger partial charge in [0.05, 0.1) is 52.8 Å². The summed E-state index contributed by atoms with van der Waals surface area (Å²) in [7, 11) is 1.12. The first-order valence-electron chi connectivity index (χ1n) is 30.0. The Labute approximate surface area is 562 Å². The van der Waals surface area contributed by atoms with Gasteiger partial charge in [0.1, 0.15) is 42.2 Å². The van der Waals surface area contributed by atoms with Crippen LogP contribution in [0.4, 0.5) is 11.4 Å². The van der Waals surface area contributed by atoms with E-state index in [4.69, 9.17) is 36.0 Å². The molecule has 10 aromatic rings. The van der Waals surface area contributed by atoms with Crippen LogP contribution in [0.5, 0.6) is 0 Å². The number of anilines is 2. The number of methoxy groups -OCH3 is 1. The van der Waals surface area contributed by atoms with E-state index in [-0.39, 0.29) is 61.1 Å². The summed E-state index contributed by atoms with van der Waals surface area (Å²) in [5.74, 6) is -5.09. The van der Waals surface area contributed by atoms with Crippen molar-refractivity contribution >= 4 is 103 Å². The third kappa shape index (κ3) is 16.4. The first-order chi connectivity index (χ1) is 43.5. The number of ether oxygens (including phenoxy) is 1. The molecule has 6 heterocycles. The van der Waals surface area contributed by atoms with Crippen LogP contribution in [0.1, 0.15) is 128 Å². The van der Waals surface area contributed by atoms with Gasteiger partial charge in [-0.2, -0.15) is 0 Å². The summed E-state index contributed by atoms with van der Waals surface area (Å²) in [5.41, 5.74) is 27.5. The van der Waals surface area contributed by atoms with E-state index < -0.39 is 59.4 Å². The maximum absolute atomic E-state index is 13.4. The minimum absolute atomic E-state index is 0. The third-order valence-corrected chi connectivity index (χ3v) is 16.1. The third-order valence-electron chi connectivity index (χ3n) is 16.1. The van der Waals surface area contributed by atoms with E-state index in [9.17, 15) is 38.4 Å². The SMILES string of the molecule is CCC.COC(=O)C(=O)Nc1ccc2[nH]cc(C[C@H](NC(=O)c3ccc4c(c3)nc(-c3ccoc3)n4C3CCCCC3)C(N)=O)c2c1.[NH-]C(=O)C(=O)Nc1ccc2[nH]cc(C[C@H](NC(=O)c3ccc4c(c3)nc(-c3ccoc3)n4C3CCCCC3)C(N)=O)c2c1.[NH2-].[W].[W]. The summed E-state index contributed by atoms with van der Waals surface area (Å²) >= 11 is 0. The Bertz CT molecular complexity index is 4290. The molecule has 2 aliphatic rings. The molecule has 2 fully saturated rings. The maximum Gasteiger partial charge on any atom is 0.396 e. The molecule has 486 valence electrons. The average Bonchev–Trinajstić information content (AvgIpc) is 1.64. The number of nitrogens with two attached hydrogens (primary N) is 3. The van der Waals surface area contributed by atoms with Crippen molar-refractivity contribution in [2.75, 3.05) is 17.7 Å². The van der Waals surface area contributed by atoms with Crippen LogP contribution in [-0.4, -0.2) is 95.6 Å². The normalized spacial score (nSPS) is 13.7. The fourth-order valence-corrected chi connectivity index (χ4v) is 11.8. The molecule has 27 heteroatoms.